The van der Waals surface area contributed by atoms with E-state index < -0.39 is 10.0 Å². The number of piperidine rings is 1. The first-order valence-corrected chi connectivity index (χ1v) is 9.06. The van der Waals surface area contributed by atoms with Gasteiger partial charge in [0.15, 0.2) is 0 Å². The lowest BCUT2D eigenvalue weighted by Crippen LogP contribution is -2.45. The van der Waals surface area contributed by atoms with Crippen LogP contribution in [0.2, 0.25) is 0 Å². The zero-order valence-corrected chi connectivity index (χ0v) is 14.1. The number of aryl methyl sites for hydroxylation is 1. The molecule has 2 heterocycles. The highest BCUT2D eigenvalue weighted by atomic mass is 32.2. The normalized spacial score (nSPS) is 20.1. The fraction of sp³-hybridized carbons (Fsp3) is 0.786. The Kier molecular flexibility index (Phi) is 5.06. The summed E-state index contributed by atoms with van der Waals surface area (Å²) in [5, 5.41) is 7.61. The molecule has 1 fully saturated rings. The molecular formula is C14H26N4O2S. The Balaban J connectivity index is 2.24. The summed E-state index contributed by atoms with van der Waals surface area (Å²) < 4.78 is 29.9. The molecule has 1 aliphatic heterocycles. The summed E-state index contributed by atoms with van der Waals surface area (Å²) >= 11 is 0. The van der Waals surface area contributed by atoms with Gasteiger partial charge in [0, 0.05) is 19.1 Å². The molecule has 0 saturated carbocycles. The highest BCUT2D eigenvalue weighted by Gasteiger charge is 2.28. The predicted octanol–water partition coefficient (Wildman–Crippen LogP) is 1.19. The molecule has 1 saturated heterocycles. The number of hydrogen-bond donors (Lipinski definition) is 2. The highest BCUT2D eigenvalue weighted by molar-refractivity contribution is 7.89. The summed E-state index contributed by atoms with van der Waals surface area (Å²) in [7, 11) is -3.51. The van der Waals surface area contributed by atoms with E-state index in [0.717, 1.165) is 31.6 Å². The van der Waals surface area contributed by atoms with Gasteiger partial charge in [-0.1, -0.05) is 13.8 Å². The molecule has 6 nitrogen and oxygen atoms in total. The van der Waals surface area contributed by atoms with Crippen LogP contribution in [0.1, 0.15) is 38.1 Å². The lowest BCUT2D eigenvalue weighted by Gasteiger charge is -2.23. The van der Waals surface area contributed by atoms with Gasteiger partial charge in [-0.3, -0.25) is 4.68 Å². The molecule has 0 bridgehead atoms. The Labute approximate surface area is 127 Å². The van der Waals surface area contributed by atoms with Gasteiger partial charge in [0.25, 0.3) is 0 Å². The third-order valence-corrected chi connectivity index (χ3v) is 5.51. The quantitative estimate of drug-likeness (QED) is 0.856. The van der Waals surface area contributed by atoms with Crippen molar-refractivity contribution in [2.75, 3.05) is 13.1 Å². The first kappa shape index (κ1) is 16.5. The predicted molar refractivity (Wildman–Crippen MR) is 82.8 cm³/mol. The van der Waals surface area contributed by atoms with Crippen molar-refractivity contribution in [1.29, 1.82) is 0 Å². The minimum absolute atomic E-state index is 0.0315. The summed E-state index contributed by atoms with van der Waals surface area (Å²) in [5.41, 5.74) is 1.29. The van der Waals surface area contributed by atoms with Gasteiger partial charge in [0.1, 0.15) is 4.90 Å². The maximum atomic E-state index is 12.6. The Bertz CT molecular complexity index is 586. The average molecular weight is 314 g/mol. The van der Waals surface area contributed by atoms with Crippen LogP contribution in [0, 0.1) is 19.8 Å². The fourth-order valence-corrected chi connectivity index (χ4v) is 4.51. The second kappa shape index (κ2) is 6.46. The van der Waals surface area contributed by atoms with E-state index in [1.807, 2.05) is 6.92 Å². The molecule has 1 atom stereocenters. The molecule has 0 amide bonds. The molecule has 0 aromatic carbocycles. The van der Waals surface area contributed by atoms with Gasteiger partial charge in [-0.25, -0.2) is 13.1 Å². The molecule has 2 N–H and O–H groups in total. The van der Waals surface area contributed by atoms with Crippen molar-refractivity contribution in [3.63, 3.8) is 0 Å². The smallest absolute Gasteiger partial charge is 0.244 e. The van der Waals surface area contributed by atoms with E-state index >= 15 is 0 Å². The Morgan fingerprint density at radius 2 is 2.14 bits per heavy atom. The van der Waals surface area contributed by atoms with E-state index in [1.54, 1.807) is 11.6 Å². The van der Waals surface area contributed by atoms with Crippen LogP contribution in [0.25, 0.3) is 0 Å². The van der Waals surface area contributed by atoms with Crippen molar-refractivity contribution >= 4 is 10.0 Å². The Hall–Kier alpha value is -0.920. The van der Waals surface area contributed by atoms with Crippen molar-refractivity contribution in [2.24, 2.45) is 5.92 Å². The minimum atomic E-state index is -3.51. The van der Waals surface area contributed by atoms with Crippen LogP contribution in [0.5, 0.6) is 0 Å². The maximum Gasteiger partial charge on any atom is 0.244 e. The molecule has 1 aromatic rings. The second-order valence-electron chi connectivity index (χ2n) is 6.24. The van der Waals surface area contributed by atoms with Gasteiger partial charge in [0.05, 0.1) is 11.4 Å². The van der Waals surface area contributed by atoms with Gasteiger partial charge in [-0.2, -0.15) is 5.10 Å². The van der Waals surface area contributed by atoms with Crippen molar-refractivity contribution in [3.05, 3.63) is 11.4 Å². The summed E-state index contributed by atoms with van der Waals surface area (Å²) in [6.45, 7) is 10.2. The van der Waals surface area contributed by atoms with Gasteiger partial charge in [-0.15, -0.1) is 0 Å². The van der Waals surface area contributed by atoms with Crippen molar-refractivity contribution in [2.45, 2.75) is 58.0 Å². The van der Waals surface area contributed by atoms with E-state index in [2.05, 4.69) is 29.0 Å². The number of sulfonamides is 1. The summed E-state index contributed by atoms with van der Waals surface area (Å²) in [6, 6.07) is -0.0315. The van der Waals surface area contributed by atoms with Crippen LogP contribution in [0.3, 0.4) is 0 Å². The standard InChI is InChI=1S/C14H26N4O2S/c1-10(2)9-18-12(4)14(11(3)16-18)21(19,20)17-13-6-5-7-15-8-13/h10,13,15,17H,5-9H2,1-4H3. The summed E-state index contributed by atoms with van der Waals surface area (Å²) in [6.07, 6.45) is 1.88. The van der Waals surface area contributed by atoms with Crippen LogP contribution >= 0.6 is 0 Å². The molecule has 1 unspecified atom stereocenters. The van der Waals surface area contributed by atoms with Crippen LogP contribution in [-0.2, 0) is 16.6 Å². The molecule has 7 heteroatoms. The lowest BCUT2D eigenvalue weighted by molar-refractivity contribution is 0.428. The second-order valence-corrected chi connectivity index (χ2v) is 7.89. The monoisotopic (exact) mass is 314 g/mol. The van der Waals surface area contributed by atoms with Crippen LogP contribution in [-0.4, -0.2) is 37.3 Å². The van der Waals surface area contributed by atoms with E-state index in [9.17, 15) is 8.42 Å². The van der Waals surface area contributed by atoms with Crippen LogP contribution in [0.15, 0.2) is 4.90 Å². The Morgan fingerprint density at radius 1 is 1.43 bits per heavy atom. The summed E-state index contributed by atoms with van der Waals surface area (Å²) in [5.74, 6) is 0.425. The van der Waals surface area contributed by atoms with E-state index in [-0.39, 0.29) is 6.04 Å². The summed E-state index contributed by atoms with van der Waals surface area (Å²) in [4.78, 5) is 0.341. The van der Waals surface area contributed by atoms with Crippen molar-refractivity contribution in [1.82, 2.24) is 19.8 Å². The zero-order chi connectivity index (χ0) is 15.6. The zero-order valence-electron chi connectivity index (χ0n) is 13.3. The molecule has 21 heavy (non-hydrogen) atoms. The lowest BCUT2D eigenvalue weighted by atomic mass is 10.1. The molecular weight excluding hydrogens is 288 g/mol. The maximum absolute atomic E-state index is 12.6. The SMILES string of the molecule is Cc1nn(CC(C)C)c(C)c1S(=O)(=O)NC1CCCNC1. The molecule has 2 rings (SSSR count). The topological polar surface area (TPSA) is 76.0 Å². The third-order valence-electron chi connectivity index (χ3n) is 3.74. The number of aromatic nitrogens is 2. The Morgan fingerprint density at radius 3 is 2.71 bits per heavy atom. The van der Waals surface area contributed by atoms with Crippen LogP contribution in [0.4, 0.5) is 0 Å². The largest absolute Gasteiger partial charge is 0.315 e. The first-order chi connectivity index (χ1) is 9.81. The molecule has 0 radical (unpaired) electrons. The number of hydrogen-bond acceptors (Lipinski definition) is 4. The van der Waals surface area contributed by atoms with Gasteiger partial charge in [-0.05, 0) is 39.2 Å². The first-order valence-electron chi connectivity index (χ1n) is 7.58. The molecule has 1 aromatic heterocycles. The van der Waals surface area contributed by atoms with Crippen molar-refractivity contribution < 1.29 is 8.42 Å². The van der Waals surface area contributed by atoms with Crippen molar-refractivity contribution in [3.8, 4) is 0 Å². The van der Waals surface area contributed by atoms with Gasteiger partial charge < -0.3 is 5.32 Å². The number of nitrogens with zero attached hydrogens (tertiary/aromatic N) is 2. The third kappa shape index (κ3) is 3.84. The van der Waals surface area contributed by atoms with E-state index in [1.165, 1.54) is 0 Å². The molecule has 0 aliphatic carbocycles. The van der Waals surface area contributed by atoms with E-state index in [4.69, 9.17) is 0 Å². The average Bonchev–Trinajstić information content (AvgIpc) is 2.64. The van der Waals surface area contributed by atoms with Crippen LogP contribution < -0.4 is 10.0 Å². The van der Waals surface area contributed by atoms with Gasteiger partial charge >= 0.3 is 0 Å². The minimum Gasteiger partial charge on any atom is -0.315 e. The van der Waals surface area contributed by atoms with E-state index in [0.29, 0.717) is 23.1 Å². The molecule has 120 valence electrons. The molecule has 0 spiro atoms. The number of rotatable bonds is 5. The highest BCUT2D eigenvalue weighted by Crippen LogP contribution is 2.21. The van der Waals surface area contributed by atoms with Gasteiger partial charge in [0.2, 0.25) is 10.0 Å². The fourth-order valence-electron chi connectivity index (χ4n) is 2.82. The molecule has 1 aliphatic rings. The number of nitrogens with one attached hydrogen (secondary N) is 2.